The molecule has 0 aliphatic heterocycles. The first-order valence-electron chi connectivity index (χ1n) is 20.0. The van der Waals surface area contributed by atoms with E-state index in [2.05, 4.69) is 43.5 Å². The molecule has 0 saturated carbocycles. The summed E-state index contributed by atoms with van der Waals surface area (Å²) in [7, 11) is 0. The first kappa shape index (κ1) is 44.9. The van der Waals surface area contributed by atoms with E-state index in [1.807, 2.05) is 0 Å². The van der Waals surface area contributed by atoms with Crippen molar-refractivity contribution in [3.05, 3.63) is 24.3 Å². The monoisotopic (exact) mass is 662 g/mol. The van der Waals surface area contributed by atoms with Crippen molar-refractivity contribution in [1.29, 1.82) is 0 Å². The summed E-state index contributed by atoms with van der Waals surface area (Å²) in [5, 5.41) is 11.1. The largest absolute Gasteiger partial charge is 0.480 e. The number of aliphatic carboxylic acids is 1. The van der Waals surface area contributed by atoms with Crippen LogP contribution in [-0.4, -0.2) is 35.6 Å². The van der Waals surface area contributed by atoms with Crippen molar-refractivity contribution in [2.24, 2.45) is 0 Å². The average Bonchev–Trinajstić information content (AvgIpc) is 3.05. The van der Waals surface area contributed by atoms with E-state index in [0.29, 0.717) is 12.8 Å². The van der Waals surface area contributed by atoms with Gasteiger partial charge in [0.05, 0.1) is 0 Å². The van der Waals surface area contributed by atoms with Crippen molar-refractivity contribution in [3.63, 3.8) is 0 Å². The lowest BCUT2D eigenvalue weighted by Crippen LogP contribution is -2.28. The lowest BCUT2D eigenvalue weighted by Gasteiger charge is -2.18. The summed E-state index contributed by atoms with van der Waals surface area (Å²) in [5.41, 5.74) is 0. The molecule has 0 rings (SSSR count). The fourth-order valence-electron chi connectivity index (χ4n) is 5.86. The molecule has 0 bridgehead atoms. The van der Waals surface area contributed by atoms with E-state index in [-0.39, 0.29) is 24.5 Å². The van der Waals surface area contributed by atoms with Gasteiger partial charge in [-0.25, -0.2) is 0 Å². The van der Waals surface area contributed by atoms with Gasteiger partial charge in [0, 0.05) is 12.8 Å². The Kier molecular flexibility index (Phi) is 35.1. The van der Waals surface area contributed by atoms with E-state index in [1.54, 1.807) is 0 Å². The number of carboxylic acid groups (broad SMARTS) is 1. The van der Waals surface area contributed by atoms with Gasteiger partial charge >= 0.3 is 11.9 Å². The highest BCUT2D eigenvalue weighted by molar-refractivity contribution is 5.80. The summed E-state index contributed by atoms with van der Waals surface area (Å²) in [6.45, 7) is 4.20. The number of allylic oxidation sites excluding steroid dienone is 4. The zero-order chi connectivity index (χ0) is 34.5. The average molecular weight is 662 g/mol. The number of hydrogen-bond donors (Lipinski definition) is 2. The fraction of sp³-hybridized carbons (Fsp3) is 0.829. The fourth-order valence-corrected chi connectivity index (χ4v) is 5.86. The van der Waals surface area contributed by atoms with Crippen LogP contribution in [0.5, 0.6) is 0 Å². The quantitative estimate of drug-likeness (QED) is 0.0396. The number of ether oxygens (including phenoxy) is 1. The van der Waals surface area contributed by atoms with Crippen LogP contribution in [0.3, 0.4) is 0 Å². The Morgan fingerprint density at radius 1 is 0.532 bits per heavy atom. The van der Waals surface area contributed by atoms with Gasteiger partial charge < -0.3 is 15.2 Å². The minimum absolute atomic E-state index is 0.00508. The number of carbonyl (C=O) groups excluding carboxylic acids is 2. The van der Waals surface area contributed by atoms with E-state index in [1.165, 1.54) is 109 Å². The molecular formula is C41H75NO5. The van der Waals surface area contributed by atoms with Gasteiger partial charge in [0.15, 0.2) is 0 Å². The van der Waals surface area contributed by atoms with Gasteiger partial charge in [-0.3, -0.25) is 14.4 Å². The summed E-state index contributed by atoms with van der Waals surface area (Å²) in [5.74, 6) is -1.26. The Balaban J connectivity index is 4.24. The van der Waals surface area contributed by atoms with Crippen molar-refractivity contribution < 1.29 is 24.2 Å². The summed E-state index contributed by atoms with van der Waals surface area (Å²) >= 11 is 0. The molecule has 0 heterocycles. The number of carboxylic acids is 1. The molecule has 0 aromatic carbocycles. The van der Waals surface area contributed by atoms with Crippen molar-refractivity contribution >= 4 is 17.8 Å². The van der Waals surface area contributed by atoms with Crippen molar-refractivity contribution in [2.45, 2.75) is 213 Å². The topological polar surface area (TPSA) is 92.7 Å². The molecule has 1 unspecified atom stereocenters. The van der Waals surface area contributed by atoms with Crippen LogP contribution in [0.1, 0.15) is 206 Å². The zero-order valence-electron chi connectivity index (χ0n) is 30.9. The van der Waals surface area contributed by atoms with Crippen LogP contribution < -0.4 is 5.32 Å². The van der Waals surface area contributed by atoms with Crippen LogP contribution >= 0.6 is 0 Å². The maximum Gasteiger partial charge on any atom is 0.322 e. The molecular weight excluding hydrogens is 586 g/mol. The Morgan fingerprint density at radius 2 is 0.936 bits per heavy atom. The lowest BCUT2D eigenvalue weighted by atomic mass is 10.0. The molecule has 274 valence electrons. The van der Waals surface area contributed by atoms with Crippen LogP contribution in [0.4, 0.5) is 0 Å². The highest BCUT2D eigenvalue weighted by Gasteiger charge is 2.14. The SMILES string of the molecule is CCCCC/C=C\CCCCCCCC(=O)OC(CCC/C=C\CCCCCCCCCC)CCCCCCCC(=O)NCC(=O)O. The molecule has 47 heavy (non-hydrogen) atoms. The van der Waals surface area contributed by atoms with Gasteiger partial charge in [-0.15, -0.1) is 0 Å². The van der Waals surface area contributed by atoms with E-state index in [4.69, 9.17) is 9.84 Å². The van der Waals surface area contributed by atoms with Crippen LogP contribution in [0.15, 0.2) is 24.3 Å². The third-order valence-corrected chi connectivity index (χ3v) is 8.85. The molecule has 1 atom stereocenters. The number of nitrogens with one attached hydrogen (secondary N) is 1. The highest BCUT2D eigenvalue weighted by atomic mass is 16.5. The first-order valence-corrected chi connectivity index (χ1v) is 20.0. The summed E-state index contributed by atoms with van der Waals surface area (Å²) in [4.78, 5) is 34.9. The number of amides is 1. The number of carbonyl (C=O) groups is 3. The van der Waals surface area contributed by atoms with Crippen molar-refractivity contribution in [3.8, 4) is 0 Å². The number of hydrogen-bond acceptors (Lipinski definition) is 4. The zero-order valence-corrected chi connectivity index (χ0v) is 30.9. The Labute approximate surface area is 290 Å². The van der Waals surface area contributed by atoms with E-state index < -0.39 is 5.97 Å². The molecule has 6 heteroatoms. The van der Waals surface area contributed by atoms with Crippen LogP contribution in [-0.2, 0) is 19.1 Å². The number of rotatable bonds is 36. The summed E-state index contributed by atoms with van der Waals surface area (Å²) < 4.78 is 5.99. The van der Waals surface area contributed by atoms with Crippen LogP contribution in [0.25, 0.3) is 0 Å². The third kappa shape index (κ3) is 36.6. The van der Waals surface area contributed by atoms with Crippen molar-refractivity contribution in [2.75, 3.05) is 6.54 Å². The third-order valence-electron chi connectivity index (χ3n) is 8.85. The molecule has 0 fully saturated rings. The Morgan fingerprint density at radius 3 is 1.49 bits per heavy atom. The second kappa shape index (κ2) is 36.7. The first-order chi connectivity index (χ1) is 23.0. The van der Waals surface area contributed by atoms with E-state index >= 15 is 0 Å². The maximum absolute atomic E-state index is 12.7. The predicted octanol–water partition coefficient (Wildman–Crippen LogP) is 12.0. The minimum atomic E-state index is -1.02. The van der Waals surface area contributed by atoms with E-state index in [0.717, 1.165) is 70.6 Å². The van der Waals surface area contributed by atoms with Crippen molar-refractivity contribution in [1.82, 2.24) is 5.32 Å². The molecule has 6 nitrogen and oxygen atoms in total. The van der Waals surface area contributed by atoms with Gasteiger partial charge in [-0.1, -0.05) is 134 Å². The lowest BCUT2D eigenvalue weighted by molar-refractivity contribution is -0.150. The standard InChI is InChI=1S/C41H75NO5/c1-3-5-7-9-11-13-15-17-18-20-22-25-29-33-38(34-30-26-24-27-31-35-39(43)42-37-40(44)45)47-41(46)36-32-28-23-21-19-16-14-12-10-8-6-4-2/h12,14,20,22,38H,3-11,13,15-19,21,23-37H2,1-2H3,(H,42,43)(H,44,45)/b14-12-,22-20-. The van der Waals surface area contributed by atoms with Gasteiger partial charge in [-0.05, 0) is 83.5 Å². The molecule has 2 N–H and O–H groups in total. The van der Waals surface area contributed by atoms with Gasteiger partial charge in [0.2, 0.25) is 5.91 Å². The molecule has 0 aliphatic rings. The normalized spacial score (nSPS) is 12.2. The highest BCUT2D eigenvalue weighted by Crippen LogP contribution is 2.18. The predicted molar refractivity (Wildman–Crippen MR) is 199 cm³/mol. The van der Waals surface area contributed by atoms with Crippen LogP contribution in [0, 0.1) is 0 Å². The molecule has 0 saturated heterocycles. The summed E-state index contributed by atoms with van der Waals surface area (Å²) in [6.07, 6.45) is 42.9. The number of unbranched alkanes of at least 4 members (excludes halogenated alkanes) is 21. The second-order valence-electron chi connectivity index (χ2n) is 13.5. The molecule has 1 amide bonds. The molecule has 0 aromatic rings. The Bertz CT molecular complexity index is 778. The van der Waals surface area contributed by atoms with Gasteiger partial charge in [0.25, 0.3) is 0 Å². The van der Waals surface area contributed by atoms with Gasteiger partial charge in [-0.2, -0.15) is 0 Å². The second-order valence-corrected chi connectivity index (χ2v) is 13.5. The molecule has 0 aromatic heterocycles. The molecule has 0 aliphatic carbocycles. The minimum Gasteiger partial charge on any atom is -0.480 e. The smallest absolute Gasteiger partial charge is 0.322 e. The molecule has 0 radical (unpaired) electrons. The summed E-state index contributed by atoms with van der Waals surface area (Å²) in [6, 6.07) is 0. The van der Waals surface area contributed by atoms with E-state index in [9.17, 15) is 14.4 Å². The Hall–Kier alpha value is -2.11. The number of esters is 1. The molecule has 0 spiro atoms. The van der Waals surface area contributed by atoms with Gasteiger partial charge in [0.1, 0.15) is 12.6 Å². The maximum atomic E-state index is 12.7. The van der Waals surface area contributed by atoms with Crippen LogP contribution in [0.2, 0.25) is 0 Å².